The van der Waals surface area contributed by atoms with Crippen LogP contribution < -0.4 is 19.7 Å². The van der Waals surface area contributed by atoms with Crippen LogP contribution >= 0.6 is 11.3 Å². The first kappa shape index (κ1) is 19.7. The molecule has 1 aromatic heterocycles. The number of nitrogens with zero attached hydrogens (tertiary/aromatic N) is 2. The molecule has 2 aromatic rings. The Morgan fingerprint density at radius 2 is 2.10 bits per heavy atom. The van der Waals surface area contributed by atoms with E-state index in [0.29, 0.717) is 37.8 Å². The van der Waals surface area contributed by atoms with Crippen LogP contribution in [0.15, 0.2) is 23.6 Å². The van der Waals surface area contributed by atoms with Gasteiger partial charge in [0.05, 0.1) is 10.9 Å². The zero-order valence-electron chi connectivity index (χ0n) is 16.5. The monoisotopic (exact) mass is 415 g/mol. The summed E-state index contributed by atoms with van der Waals surface area (Å²) in [6, 6.07) is 5.47. The van der Waals surface area contributed by atoms with Gasteiger partial charge in [0.1, 0.15) is 13.2 Å². The molecule has 4 rings (SSSR count). The number of carbonyl (C=O) groups is 2. The van der Waals surface area contributed by atoms with Crippen molar-refractivity contribution in [2.45, 2.75) is 32.6 Å². The van der Waals surface area contributed by atoms with Crippen molar-refractivity contribution >= 4 is 28.8 Å². The van der Waals surface area contributed by atoms with Gasteiger partial charge in [0.25, 0.3) is 0 Å². The molecule has 7 nitrogen and oxygen atoms in total. The number of aryl methyl sites for hydroxylation is 2. The Kier molecular flexibility index (Phi) is 5.99. The van der Waals surface area contributed by atoms with Crippen LogP contribution in [0.1, 0.15) is 30.0 Å². The molecule has 1 atom stereocenters. The molecule has 3 heterocycles. The average Bonchev–Trinajstić information content (AvgIpc) is 3.32. The van der Waals surface area contributed by atoms with Crippen LogP contribution in [-0.2, 0) is 16.0 Å². The Morgan fingerprint density at radius 1 is 1.28 bits per heavy atom. The van der Waals surface area contributed by atoms with Gasteiger partial charge in [-0.2, -0.15) is 0 Å². The molecule has 1 N–H and O–H groups in total. The lowest BCUT2D eigenvalue weighted by Gasteiger charge is -2.22. The largest absolute Gasteiger partial charge is 0.486 e. The molecule has 2 amide bonds. The molecule has 1 saturated heterocycles. The molecule has 1 unspecified atom stereocenters. The molecular weight excluding hydrogens is 390 g/mol. The number of hydrogen-bond acceptors (Lipinski definition) is 6. The molecule has 0 spiro atoms. The number of fused-ring (bicyclic) bond motifs is 1. The van der Waals surface area contributed by atoms with Gasteiger partial charge in [-0.3, -0.25) is 9.59 Å². The third-order valence-electron chi connectivity index (χ3n) is 5.12. The average molecular weight is 416 g/mol. The van der Waals surface area contributed by atoms with Gasteiger partial charge in [0, 0.05) is 42.3 Å². The number of thiazole rings is 1. The Hall–Kier alpha value is -2.61. The molecule has 29 heavy (non-hydrogen) atoms. The lowest BCUT2D eigenvalue weighted by Crippen LogP contribution is -2.33. The number of amides is 2. The molecule has 1 aromatic carbocycles. The summed E-state index contributed by atoms with van der Waals surface area (Å²) in [5.74, 6) is 0.917. The van der Waals surface area contributed by atoms with Crippen molar-refractivity contribution in [3.8, 4) is 11.5 Å². The maximum atomic E-state index is 12.5. The zero-order valence-corrected chi connectivity index (χ0v) is 17.3. The minimum atomic E-state index is -0.322. The van der Waals surface area contributed by atoms with Crippen LogP contribution in [0.25, 0.3) is 0 Å². The third kappa shape index (κ3) is 4.70. The fraction of sp³-hybridized carbons (Fsp3) is 0.476. The summed E-state index contributed by atoms with van der Waals surface area (Å²) in [7, 11) is 0. The summed E-state index contributed by atoms with van der Waals surface area (Å²) < 4.78 is 11.1. The van der Waals surface area contributed by atoms with Crippen LogP contribution in [0.5, 0.6) is 11.5 Å². The minimum Gasteiger partial charge on any atom is -0.486 e. The Balaban J connectivity index is 1.24. The second-order valence-electron chi connectivity index (χ2n) is 7.36. The first-order valence-electron chi connectivity index (χ1n) is 9.99. The highest BCUT2D eigenvalue weighted by Gasteiger charge is 2.35. The van der Waals surface area contributed by atoms with Gasteiger partial charge in [0.2, 0.25) is 11.8 Å². The first-order chi connectivity index (χ1) is 14.1. The Labute approximate surface area is 174 Å². The standard InChI is InChI=1S/C21H25N3O4S/c1-14-13-29-19(23-14)4-2-3-7-22-21(26)15-10-20(25)24(12-15)16-5-6-17-18(11-16)28-9-8-27-17/h5-6,11,13,15H,2-4,7-10,12H2,1H3,(H,22,26). The van der Waals surface area contributed by atoms with Gasteiger partial charge in [-0.15, -0.1) is 11.3 Å². The van der Waals surface area contributed by atoms with Gasteiger partial charge in [-0.25, -0.2) is 4.98 Å². The maximum absolute atomic E-state index is 12.5. The van der Waals surface area contributed by atoms with E-state index in [1.54, 1.807) is 16.2 Å². The van der Waals surface area contributed by atoms with E-state index in [2.05, 4.69) is 15.7 Å². The number of benzene rings is 1. The number of ether oxygens (including phenoxy) is 2. The van der Waals surface area contributed by atoms with E-state index in [4.69, 9.17) is 9.47 Å². The third-order valence-corrected chi connectivity index (χ3v) is 6.14. The zero-order chi connectivity index (χ0) is 20.2. The van der Waals surface area contributed by atoms with E-state index < -0.39 is 0 Å². The smallest absolute Gasteiger partial charge is 0.227 e. The molecule has 154 valence electrons. The summed E-state index contributed by atoms with van der Waals surface area (Å²) in [6.45, 7) is 4.04. The van der Waals surface area contributed by atoms with E-state index in [1.807, 2.05) is 25.1 Å². The van der Waals surface area contributed by atoms with Crippen LogP contribution in [0.4, 0.5) is 5.69 Å². The van der Waals surface area contributed by atoms with Crippen molar-refractivity contribution in [2.75, 3.05) is 31.2 Å². The van der Waals surface area contributed by atoms with Gasteiger partial charge >= 0.3 is 0 Å². The SMILES string of the molecule is Cc1csc(CCCCNC(=O)C2CC(=O)N(c3ccc4c(c3)OCCO4)C2)n1. The van der Waals surface area contributed by atoms with Gasteiger partial charge < -0.3 is 19.7 Å². The van der Waals surface area contributed by atoms with Crippen molar-refractivity contribution in [1.29, 1.82) is 0 Å². The Bertz CT molecular complexity index is 898. The van der Waals surface area contributed by atoms with Crippen molar-refractivity contribution in [2.24, 2.45) is 5.92 Å². The molecule has 0 radical (unpaired) electrons. The molecule has 2 aliphatic rings. The van der Waals surface area contributed by atoms with Crippen LogP contribution in [0, 0.1) is 12.8 Å². The molecular formula is C21H25N3O4S. The molecule has 0 bridgehead atoms. The predicted octanol–water partition coefficient (Wildman–Crippen LogP) is 2.71. The number of nitrogens with one attached hydrogen (secondary N) is 1. The van der Waals surface area contributed by atoms with Crippen molar-refractivity contribution in [1.82, 2.24) is 10.3 Å². The topological polar surface area (TPSA) is 80.8 Å². The second kappa shape index (κ2) is 8.82. The lowest BCUT2D eigenvalue weighted by molar-refractivity contribution is -0.126. The van der Waals surface area contributed by atoms with Gasteiger partial charge in [0.15, 0.2) is 11.5 Å². The van der Waals surface area contributed by atoms with E-state index in [9.17, 15) is 9.59 Å². The summed E-state index contributed by atoms with van der Waals surface area (Å²) in [5.41, 5.74) is 1.81. The van der Waals surface area contributed by atoms with Crippen LogP contribution in [0.2, 0.25) is 0 Å². The van der Waals surface area contributed by atoms with Crippen LogP contribution in [0.3, 0.4) is 0 Å². The molecule has 1 fully saturated rings. The van der Waals surface area contributed by atoms with Gasteiger partial charge in [-0.05, 0) is 38.3 Å². The minimum absolute atomic E-state index is 0.0408. The van der Waals surface area contributed by atoms with E-state index >= 15 is 0 Å². The van der Waals surface area contributed by atoms with Crippen LogP contribution in [-0.4, -0.2) is 43.1 Å². The van der Waals surface area contributed by atoms with E-state index in [0.717, 1.165) is 35.7 Å². The highest BCUT2D eigenvalue weighted by atomic mass is 32.1. The van der Waals surface area contributed by atoms with Gasteiger partial charge in [-0.1, -0.05) is 0 Å². The predicted molar refractivity (Wildman–Crippen MR) is 111 cm³/mol. The fourth-order valence-electron chi connectivity index (χ4n) is 3.61. The quantitative estimate of drug-likeness (QED) is 0.704. The first-order valence-corrected chi connectivity index (χ1v) is 10.9. The molecule has 8 heteroatoms. The molecule has 0 saturated carbocycles. The number of anilines is 1. The molecule has 2 aliphatic heterocycles. The maximum Gasteiger partial charge on any atom is 0.227 e. The number of hydrogen-bond donors (Lipinski definition) is 1. The van der Waals surface area contributed by atoms with Crippen molar-refractivity contribution < 1.29 is 19.1 Å². The summed E-state index contributed by atoms with van der Waals surface area (Å²) in [6.07, 6.45) is 3.06. The summed E-state index contributed by atoms with van der Waals surface area (Å²) >= 11 is 1.68. The van der Waals surface area contributed by atoms with E-state index in [1.165, 1.54) is 0 Å². The van der Waals surface area contributed by atoms with Crippen molar-refractivity contribution in [3.05, 3.63) is 34.3 Å². The Morgan fingerprint density at radius 3 is 2.90 bits per heavy atom. The highest BCUT2D eigenvalue weighted by molar-refractivity contribution is 7.09. The number of rotatable bonds is 7. The highest BCUT2D eigenvalue weighted by Crippen LogP contribution is 2.35. The second-order valence-corrected chi connectivity index (χ2v) is 8.31. The fourth-order valence-corrected chi connectivity index (χ4v) is 4.43. The number of unbranched alkanes of at least 4 members (excludes halogenated alkanes) is 1. The normalized spacial score (nSPS) is 18.2. The lowest BCUT2D eigenvalue weighted by atomic mass is 10.1. The number of carbonyl (C=O) groups excluding carboxylic acids is 2. The summed E-state index contributed by atoms with van der Waals surface area (Å²) in [5, 5.41) is 6.18. The van der Waals surface area contributed by atoms with E-state index in [-0.39, 0.29) is 24.2 Å². The van der Waals surface area contributed by atoms with Crippen molar-refractivity contribution in [3.63, 3.8) is 0 Å². The summed E-state index contributed by atoms with van der Waals surface area (Å²) in [4.78, 5) is 31.1. The number of aromatic nitrogens is 1. The molecule has 0 aliphatic carbocycles.